The molecule has 46 heavy (non-hydrogen) atoms. The van der Waals surface area contributed by atoms with Gasteiger partial charge < -0.3 is 15.2 Å². The lowest BCUT2D eigenvalue weighted by Gasteiger charge is -2.18. The van der Waals surface area contributed by atoms with Crippen molar-refractivity contribution in [3.8, 4) is 0 Å². The van der Waals surface area contributed by atoms with Crippen molar-refractivity contribution in [2.75, 3.05) is 6.54 Å². The zero-order valence-corrected chi connectivity index (χ0v) is 30.4. The molecule has 0 aromatic rings. The predicted octanol–water partition coefficient (Wildman–Crippen LogP) is 11.8. The van der Waals surface area contributed by atoms with Gasteiger partial charge in [-0.3, -0.25) is 14.4 Å². The highest BCUT2D eigenvalue weighted by Gasteiger charge is 2.14. The molecule has 0 radical (unpaired) electrons. The SMILES string of the molecule is CCCCCCCC/C=C\CCCCCCCCCC(=O)OC(CCCCCCCCC)CCCCCCCC(=O)NCC(=O)O. The van der Waals surface area contributed by atoms with E-state index in [-0.39, 0.29) is 24.5 Å². The van der Waals surface area contributed by atoms with Crippen molar-refractivity contribution in [1.82, 2.24) is 5.32 Å². The molecule has 270 valence electrons. The van der Waals surface area contributed by atoms with E-state index in [1.807, 2.05) is 0 Å². The summed E-state index contributed by atoms with van der Waals surface area (Å²) in [5, 5.41) is 11.0. The fourth-order valence-electron chi connectivity index (χ4n) is 5.98. The maximum absolute atomic E-state index is 12.7. The van der Waals surface area contributed by atoms with Crippen LogP contribution in [0.15, 0.2) is 12.2 Å². The molecule has 1 unspecified atom stereocenters. The van der Waals surface area contributed by atoms with Gasteiger partial charge in [-0.05, 0) is 64.2 Å². The summed E-state index contributed by atoms with van der Waals surface area (Å²) in [6.45, 7) is 4.21. The lowest BCUT2D eigenvalue weighted by molar-refractivity contribution is -0.150. The van der Waals surface area contributed by atoms with Gasteiger partial charge >= 0.3 is 11.9 Å². The first-order valence-corrected chi connectivity index (χ1v) is 19.8. The van der Waals surface area contributed by atoms with Crippen LogP contribution in [0.25, 0.3) is 0 Å². The lowest BCUT2D eigenvalue weighted by atomic mass is 10.0. The first-order chi connectivity index (χ1) is 22.5. The van der Waals surface area contributed by atoms with E-state index in [0.29, 0.717) is 12.8 Å². The maximum Gasteiger partial charge on any atom is 0.322 e. The van der Waals surface area contributed by atoms with Crippen LogP contribution in [-0.2, 0) is 19.1 Å². The average Bonchev–Trinajstić information content (AvgIpc) is 3.04. The quantitative estimate of drug-likeness (QED) is 0.0400. The van der Waals surface area contributed by atoms with E-state index in [1.54, 1.807) is 0 Å². The normalized spacial score (nSPS) is 12.0. The highest BCUT2D eigenvalue weighted by atomic mass is 16.5. The Morgan fingerprint density at radius 2 is 0.935 bits per heavy atom. The monoisotopic (exact) mass is 650 g/mol. The van der Waals surface area contributed by atoms with Crippen molar-refractivity contribution in [2.45, 2.75) is 219 Å². The fraction of sp³-hybridized carbons (Fsp3) is 0.875. The Hall–Kier alpha value is -1.85. The Kier molecular flexibility index (Phi) is 34.5. The summed E-state index contributed by atoms with van der Waals surface area (Å²) < 4.78 is 5.98. The first-order valence-electron chi connectivity index (χ1n) is 19.8. The fourth-order valence-corrected chi connectivity index (χ4v) is 5.98. The van der Waals surface area contributed by atoms with Crippen molar-refractivity contribution in [1.29, 1.82) is 0 Å². The second kappa shape index (κ2) is 36.0. The largest absolute Gasteiger partial charge is 0.480 e. The van der Waals surface area contributed by atoms with Gasteiger partial charge in [0.2, 0.25) is 5.91 Å². The number of hydrogen-bond acceptors (Lipinski definition) is 4. The smallest absolute Gasteiger partial charge is 0.322 e. The molecule has 0 saturated heterocycles. The van der Waals surface area contributed by atoms with Crippen LogP contribution in [0.5, 0.6) is 0 Å². The zero-order chi connectivity index (χ0) is 33.8. The Morgan fingerprint density at radius 1 is 0.543 bits per heavy atom. The number of hydrogen-bond donors (Lipinski definition) is 2. The van der Waals surface area contributed by atoms with Crippen LogP contribution in [0, 0.1) is 0 Å². The zero-order valence-electron chi connectivity index (χ0n) is 30.4. The second-order valence-electron chi connectivity index (χ2n) is 13.5. The van der Waals surface area contributed by atoms with E-state index in [1.165, 1.54) is 122 Å². The number of carbonyl (C=O) groups is 3. The number of carboxylic acids is 1. The summed E-state index contributed by atoms with van der Waals surface area (Å²) >= 11 is 0. The van der Waals surface area contributed by atoms with Gasteiger partial charge in [0.15, 0.2) is 0 Å². The molecule has 1 amide bonds. The van der Waals surface area contributed by atoms with Gasteiger partial charge in [-0.2, -0.15) is 0 Å². The predicted molar refractivity (Wildman–Crippen MR) is 194 cm³/mol. The summed E-state index contributed by atoms with van der Waals surface area (Å²) in [5.41, 5.74) is 0. The standard InChI is InChI=1S/C40H75NO5/c1-3-5-7-9-11-12-13-14-15-16-17-18-19-20-22-27-31-35-40(45)46-37(32-28-24-21-10-8-6-4-2)33-29-25-23-26-30-34-38(42)41-36-39(43)44/h14-15,37H,3-13,16-36H2,1-2H3,(H,41,42)(H,43,44)/b15-14-. The molecule has 0 bridgehead atoms. The average molecular weight is 650 g/mol. The number of carbonyl (C=O) groups excluding carboxylic acids is 2. The molecule has 0 heterocycles. The third-order valence-corrected chi connectivity index (χ3v) is 8.94. The molecule has 1 atom stereocenters. The van der Waals surface area contributed by atoms with E-state index in [4.69, 9.17) is 9.84 Å². The highest BCUT2D eigenvalue weighted by molar-refractivity contribution is 5.80. The lowest BCUT2D eigenvalue weighted by Crippen LogP contribution is -2.28. The van der Waals surface area contributed by atoms with Gasteiger partial charge in [0.25, 0.3) is 0 Å². The van der Waals surface area contributed by atoms with Crippen molar-refractivity contribution < 1.29 is 24.2 Å². The maximum atomic E-state index is 12.7. The van der Waals surface area contributed by atoms with Crippen molar-refractivity contribution in [2.24, 2.45) is 0 Å². The molecule has 6 heteroatoms. The van der Waals surface area contributed by atoms with E-state index in [2.05, 4.69) is 31.3 Å². The minimum Gasteiger partial charge on any atom is -0.480 e. The van der Waals surface area contributed by atoms with Gasteiger partial charge in [-0.15, -0.1) is 0 Å². The summed E-state index contributed by atoms with van der Waals surface area (Å²) in [4.78, 5) is 34.8. The topological polar surface area (TPSA) is 92.7 Å². The second-order valence-corrected chi connectivity index (χ2v) is 13.5. The molecule has 6 nitrogen and oxygen atoms in total. The molecule has 0 saturated carbocycles. The molecule has 0 rings (SSSR count). The van der Waals surface area contributed by atoms with Crippen LogP contribution in [0.4, 0.5) is 0 Å². The minimum absolute atomic E-state index is 0.0203. The van der Waals surface area contributed by atoms with Gasteiger partial charge in [0.1, 0.15) is 12.6 Å². The van der Waals surface area contributed by atoms with Crippen molar-refractivity contribution >= 4 is 17.8 Å². The van der Waals surface area contributed by atoms with E-state index < -0.39 is 5.97 Å². The Balaban J connectivity index is 4.00. The van der Waals surface area contributed by atoms with E-state index in [9.17, 15) is 14.4 Å². The molecular weight excluding hydrogens is 574 g/mol. The van der Waals surface area contributed by atoms with Gasteiger partial charge in [0, 0.05) is 12.8 Å². The van der Waals surface area contributed by atoms with Crippen LogP contribution < -0.4 is 5.32 Å². The van der Waals surface area contributed by atoms with Crippen molar-refractivity contribution in [3.05, 3.63) is 12.2 Å². The van der Waals surface area contributed by atoms with Crippen LogP contribution in [-0.4, -0.2) is 35.6 Å². The van der Waals surface area contributed by atoms with E-state index in [0.717, 1.165) is 64.2 Å². The molecule has 0 spiro atoms. The molecule has 0 aliphatic heterocycles. The number of amides is 1. The third-order valence-electron chi connectivity index (χ3n) is 8.94. The number of carboxylic acid groups (broad SMARTS) is 1. The molecule has 0 fully saturated rings. The molecule has 2 N–H and O–H groups in total. The Morgan fingerprint density at radius 3 is 1.39 bits per heavy atom. The molecule has 0 aliphatic carbocycles. The Labute approximate surface area is 284 Å². The first kappa shape index (κ1) is 44.1. The number of esters is 1. The van der Waals surface area contributed by atoms with E-state index >= 15 is 0 Å². The van der Waals surface area contributed by atoms with Crippen LogP contribution >= 0.6 is 0 Å². The number of unbranched alkanes of at least 4 members (excludes halogenated alkanes) is 23. The number of aliphatic carboxylic acids is 1. The highest BCUT2D eigenvalue weighted by Crippen LogP contribution is 2.19. The number of nitrogens with one attached hydrogen (secondary N) is 1. The number of ether oxygens (including phenoxy) is 1. The summed E-state index contributed by atoms with van der Waals surface area (Å²) in [6.07, 6.45) is 40.5. The molecule has 0 aromatic heterocycles. The van der Waals surface area contributed by atoms with Crippen LogP contribution in [0.2, 0.25) is 0 Å². The van der Waals surface area contributed by atoms with Crippen LogP contribution in [0.1, 0.15) is 213 Å². The molecular formula is C40H75NO5. The van der Waals surface area contributed by atoms with Gasteiger partial charge in [-0.1, -0.05) is 148 Å². The molecule has 0 aliphatic rings. The Bertz CT molecular complexity index is 722. The van der Waals surface area contributed by atoms with Gasteiger partial charge in [0.05, 0.1) is 0 Å². The minimum atomic E-state index is -1.02. The van der Waals surface area contributed by atoms with Gasteiger partial charge in [-0.25, -0.2) is 0 Å². The van der Waals surface area contributed by atoms with Crippen molar-refractivity contribution in [3.63, 3.8) is 0 Å². The summed E-state index contributed by atoms with van der Waals surface area (Å²) in [6, 6.07) is 0. The number of rotatable bonds is 36. The summed E-state index contributed by atoms with van der Waals surface area (Å²) in [7, 11) is 0. The number of allylic oxidation sites excluding steroid dienone is 2. The molecule has 0 aromatic carbocycles. The third kappa shape index (κ3) is 35.0. The summed E-state index contributed by atoms with van der Waals surface area (Å²) in [5.74, 6) is -1.23. The van der Waals surface area contributed by atoms with Crippen LogP contribution in [0.3, 0.4) is 0 Å².